The molecule has 0 atom stereocenters. The molecule has 4 saturated carbocycles. The van der Waals surface area contributed by atoms with Gasteiger partial charge in [-0.05, 0) is 73.3 Å². The Hall–Kier alpha value is -1.29. The quantitative estimate of drug-likeness (QED) is 0.721. The van der Waals surface area contributed by atoms with Gasteiger partial charge in [0.05, 0.1) is 11.6 Å². The molecule has 18 heavy (non-hydrogen) atoms. The second-order valence-electron chi connectivity index (χ2n) is 6.66. The molecule has 4 aliphatic carbocycles. The van der Waals surface area contributed by atoms with Gasteiger partial charge >= 0.3 is 0 Å². The lowest BCUT2D eigenvalue weighted by Crippen LogP contribution is -2.43. The maximum Gasteiger partial charge on any atom is 0.0994 e. The molecule has 0 saturated heterocycles. The van der Waals surface area contributed by atoms with Gasteiger partial charge in [0.15, 0.2) is 0 Å². The van der Waals surface area contributed by atoms with Gasteiger partial charge in [0.2, 0.25) is 0 Å². The lowest BCUT2D eigenvalue weighted by atomic mass is 9.50. The molecule has 5 rings (SSSR count). The molecule has 0 aliphatic heterocycles. The maximum absolute atomic E-state index is 9.32. The Balaban J connectivity index is 1.75. The summed E-state index contributed by atoms with van der Waals surface area (Å²) in [6, 6.07) is 10.7. The number of nitriles is 1. The Bertz CT molecular complexity index is 483. The van der Waals surface area contributed by atoms with Crippen molar-refractivity contribution in [3.8, 4) is 6.07 Å². The average molecular weight is 237 g/mol. The molecule has 0 amide bonds. The maximum atomic E-state index is 9.32. The molecule has 0 spiro atoms. The summed E-state index contributed by atoms with van der Waals surface area (Å²) in [4.78, 5) is 0. The number of hydrogen-bond donors (Lipinski definition) is 0. The molecule has 4 bridgehead atoms. The first kappa shape index (κ1) is 10.6. The third kappa shape index (κ3) is 1.45. The molecular formula is C17H19N. The van der Waals surface area contributed by atoms with Gasteiger partial charge in [-0.15, -0.1) is 0 Å². The van der Waals surface area contributed by atoms with Crippen LogP contribution in [0, 0.1) is 35.0 Å². The summed E-state index contributed by atoms with van der Waals surface area (Å²) in [5.74, 6) is 4.45. The van der Waals surface area contributed by atoms with Crippen LogP contribution in [0.3, 0.4) is 0 Å². The highest BCUT2D eigenvalue weighted by Gasteiger charge is 2.48. The highest BCUT2D eigenvalue weighted by Crippen LogP contribution is 2.60. The fourth-order valence-electron chi connectivity index (χ4n) is 5.32. The fourth-order valence-corrected chi connectivity index (χ4v) is 5.32. The first-order chi connectivity index (χ1) is 8.85. The van der Waals surface area contributed by atoms with Gasteiger partial charge in [0, 0.05) is 0 Å². The summed E-state index contributed by atoms with van der Waals surface area (Å²) in [6.45, 7) is 0. The molecule has 1 aromatic carbocycles. The summed E-state index contributed by atoms with van der Waals surface area (Å²) < 4.78 is 0. The lowest BCUT2D eigenvalue weighted by Gasteiger charge is -2.54. The van der Waals surface area contributed by atoms with Crippen LogP contribution >= 0.6 is 0 Å². The molecule has 92 valence electrons. The molecule has 1 nitrogen and oxygen atoms in total. The van der Waals surface area contributed by atoms with Crippen LogP contribution in [0.25, 0.3) is 0 Å². The van der Waals surface area contributed by atoms with Crippen molar-refractivity contribution < 1.29 is 0 Å². The molecule has 0 aromatic heterocycles. The minimum absolute atomic E-state index is 0.689. The Kier molecular flexibility index (Phi) is 2.27. The zero-order chi connectivity index (χ0) is 12.1. The van der Waals surface area contributed by atoms with Crippen LogP contribution in [0.2, 0.25) is 0 Å². The van der Waals surface area contributed by atoms with E-state index in [0.717, 1.165) is 29.2 Å². The molecule has 0 unspecified atom stereocenters. The van der Waals surface area contributed by atoms with Crippen molar-refractivity contribution in [1.82, 2.24) is 0 Å². The Morgan fingerprint density at radius 2 is 1.50 bits per heavy atom. The van der Waals surface area contributed by atoms with Gasteiger partial charge in [-0.1, -0.05) is 18.2 Å². The van der Waals surface area contributed by atoms with Gasteiger partial charge in [-0.3, -0.25) is 0 Å². The van der Waals surface area contributed by atoms with E-state index in [4.69, 9.17) is 0 Å². The van der Waals surface area contributed by atoms with E-state index in [-0.39, 0.29) is 0 Å². The number of hydrogen-bond acceptors (Lipinski definition) is 1. The highest BCUT2D eigenvalue weighted by molar-refractivity contribution is 5.41. The number of benzene rings is 1. The fraction of sp³-hybridized carbons (Fsp3) is 0.588. The smallest absolute Gasteiger partial charge is 0.0994 e. The van der Waals surface area contributed by atoms with E-state index in [0.29, 0.717) is 5.92 Å². The Labute approximate surface area is 109 Å². The highest BCUT2D eigenvalue weighted by atomic mass is 14.5. The Morgan fingerprint density at radius 3 is 2.11 bits per heavy atom. The Morgan fingerprint density at radius 1 is 0.889 bits per heavy atom. The average Bonchev–Trinajstić information content (AvgIpc) is 2.38. The van der Waals surface area contributed by atoms with E-state index in [1.165, 1.54) is 37.7 Å². The number of nitrogens with zero attached hydrogens (tertiary/aromatic N) is 1. The SMILES string of the molecule is N#Cc1ccccc1C1C2CC3CC(C2)CC1C3. The van der Waals surface area contributed by atoms with Crippen LogP contribution in [0.5, 0.6) is 0 Å². The van der Waals surface area contributed by atoms with E-state index in [1.807, 2.05) is 12.1 Å². The van der Waals surface area contributed by atoms with Gasteiger partial charge in [-0.25, -0.2) is 0 Å². The van der Waals surface area contributed by atoms with E-state index < -0.39 is 0 Å². The zero-order valence-electron chi connectivity index (χ0n) is 10.7. The largest absolute Gasteiger partial charge is 0.192 e. The predicted octanol–water partition coefficient (Wildman–Crippen LogP) is 4.10. The van der Waals surface area contributed by atoms with Gasteiger partial charge < -0.3 is 0 Å². The van der Waals surface area contributed by atoms with E-state index in [2.05, 4.69) is 18.2 Å². The standard InChI is InChI=1S/C17H19N/c18-10-13-3-1-2-4-16(13)17-14-6-11-5-12(8-14)9-15(17)7-11/h1-4,11-12,14-15,17H,5-9H2. The van der Waals surface area contributed by atoms with Crippen molar-refractivity contribution >= 4 is 0 Å². The van der Waals surface area contributed by atoms with Crippen molar-refractivity contribution in [2.45, 2.75) is 38.0 Å². The first-order valence-corrected chi connectivity index (χ1v) is 7.34. The summed E-state index contributed by atoms with van der Waals surface area (Å²) >= 11 is 0. The van der Waals surface area contributed by atoms with Crippen molar-refractivity contribution in [3.63, 3.8) is 0 Å². The van der Waals surface area contributed by atoms with Gasteiger partial charge in [0.25, 0.3) is 0 Å². The normalized spacial score (nSPS) is 40.7. The molecule has 4 fully saturated rings. The van der Waals surface area contributed by atoms with Crippen molar-refractivity contribution in [3.05, 3.63) is 35.4 Å². The molecule has 1 heteroatoms. The second kappa shape index (κ2) is 3.85. The van der Waals surface area contributed by atoms with Crippen LogP contribution < -0.4 is 0 Å². The van der Waals surface area contributed by atoms with Crippen molar-refractivity contribution in [1.29, 1.82) is 5.26 Å². The third-order valence-corrected chi connectivity index (χ3v) is 5.67. The molecule has 1 aromatic rings. The summed E-state index contributed by atoms with van der Waals surface area (Å²) in [5, 5.41) is 9.32. The van der Waals surface area contributed by atoms with E-state index in [1.54, 1.807) is 0 Å². The predicted molar refractivity (Wildman–Crippen MR) is 70.9 cm³/mol. The molecule has 0 radical (unpaired) electrons. The summed E-state index contributed by atoms with van der Waals surface area (Å²) in [7, 11) is 0. The minimum atomic E-state index is 0.689. The topological polar surface area (TPSA) is 23.8 Å². The van der Waals surface area contributed by atoms with Gasteiger partial charge in [0.1, 0.15) is 0 Å². The van der Waals surface area contributed by atoms with Crippen LogP contribution in [0.1, 0.15) is 49.1 Å². The van der Waals surface area contributed by atoms with Crippen LogP contribution in [-0.2, 0) is 0 Å². The molecule has 4 aliphatic rings. The van der Waals surface area contributed by atoms with Crippen LogP contribution in [0.4, 0.5) is 0 Å². The minimum Gasteiger partial charge on any atom is -0.192 e. The van der Waals surface area contributed by atoms with Crippen molar-refractivity contribution in [2.75, 3.05) is 0 Å². The molecule has 0 heterocycles. The summed E-state index contributed by atoms with van der Waals surface area (Å²) in [5.41, 5.74) is 2.28. The molecule has 0 N–H and O–H groups in total. The van der Waals surface area contributed by atoms with Crippen LogP contribution in [-0.4, -0.2) is 0 Å². The van der Waals surface area contributed by atoms with Gasteiger partial charge in [-0.2, -0.15) is 5.26 Å². The summed E-state index contributed by atoms with van der Waals surface area (Å²) in [6.07, 6.45) is 7.21. The van der Waals surface area contributed by atoms with Crippen molar-refractivity contribution in [2.24, 2.45) is 23.7 Å². The monoisotopic (exact) mass is 237 g/mol. The first-order valence-electron chi connectivity index (χ1n) is 7.34. The number of rotatable bonds is 1. The lowest BCUT2D eigenvalue weighted by molar-refractivity contribution is -0.00286. The second-order valence-corrected chi connectivity index (χ2v) is 6.66. The zero-order valence-corrected chi connectivity index (χ0v) is 10.7. The molecular weight excluding hydrogens is 218 g/mol. The van der Waals surface area contributed by atoms with E-state index >= 15 is 0 Å². The van der Waals surface area contributed by atoms with E-state index in [9.17, 15) is 5.26 Å². The third-order valence-electron chi connectivity index (χ3n) is 5.67. The van der Waals surface area contributed by atoms with Crippen LogP contribution in [0.15, 0.2) is 24.3 Å².